The second-order valence-electron chi connectivity index (χ2n) is 14.8. The number of oxazole rings is 1. The fraction of sp³-hybridized carbons (Fsp3) is 0.220. The van der Waals surface area contributed by atoms with E-state index >= 15 is 0 Å². The number of nitrogens with one attached hydrogen (secondary N) is 3. The van der Waals surface area contributed by atoms with Crippen molar-refractivity contribution in [3.63, 3.8) is 0 Å². The SMILES string of the molecule is NC(=O)c1coc(-c2ccnc(N(CC(F)(F)F)c3cn(-c4ccc(C(=O)NCc5cn(CCCNc6cccc7c6C(=O)N(C6CCC(=O)NC6=O)C7=O)nn5)cc4)nc3C(N)=O)c2)n1. The summed E-state index contributed by atoms with van der Waals surface area (Å²) in [5.74, 6) is -5.32. The van der Waals surface area contributed by atoms with E-state index in [2.05, 4.69) is 41.3 Å². The molecule has 2 aliphatic heterocycles. The zero-order valence-corrected chi connectivity index (χ0v) is 34.1. The fourth-order valence-corrected chi connectivity index (χ4v) is 7.25. The number of carbonyl (C=O) groups is 7. The summed E-state index contributed by atoms with van der Waals surface area (Å²) in [4.78, 5) is 97.2. The standard InChI is InChI=1S/C41H35F3N14O8/c42-41(43,44)20-56(30-15-22(11-13-48-30)38-50-27(19-66-38)34(45)60)29-18-57(53-33(29)35(46)61)24-7-5-21(6-8-24)36(62)49-16-23-17-55(54-52-23)14-2-12-47-26-4-1-3-25-32(26)40(65)58(39(25)64)28-9-10-31(59)51-37(28)63/h1,3-8,11,13,15,17-19,28,47H,2,9-10,12,14,16,20H2,(H2,45,60)(H2,46,61)(H,49,62)(H,51,59,63). The lowest BCUT2D eigenvalue weighted by atomic mass is 10.0. The molecule has 22 nitrogen and oxygen atoms in total. The average Bonchev–Trinajstić information content (AvgIpc) is 4.11. The van der Waals surface area contributed by atoms with Crippen molar-refractivity contribution in [2.45, 2.75) is 44.6 Å². The number of primary amides is 2. The van der Waals surface area contributed by atoms with Crippen LogP contribution in [-0.4, -0.2) is 106 Å². The number of hydrogen-bond acceptors (Lipinski definition) is 15. The molecule has 8 rings (SSSR count). The minimum Gasteiger partial charge on any atom is -0.444 e. The number of hydrogen-bond donors (Lipinski definition) is 5. The molecule has 1 atom stereocenters. The number of aromatic nitrogens is 7. The van der Waals surface area contributed by atoms with E-state index in [1.54, 1.807) is 23.0 Å². The molecule has 1 unspecified atom stereocenters. The topological polar surface area (TPSA) is 302 Å². The maximum absolute atomic E-state index is 14.0. The fourth-order valence-electron chi connectivity index (χ4n) is 7.25. The van der Waals surface area contributed by atoms with Gasteiger partial charge >= 0.3 is 6.18 Å². The highest BCUT2D eigenvalue weighted by atomic mass is 19.4. The molecule has 0 aliphatic carbocycles. The average molecular weight is 909 g/mol. The van der Waals surface area contributed by atoms with Gasteiger partial charge in [-0.1, -0.05) is 11.3 Å². The lowest BCUT2D eigenvalue weighted by Crippen LogP contribution is -2.54. The molecule has 25 heteroatoms. The van der Waals surface area contributed by atoms with E-state index in [1.807, 2.05) is 0 Å². The maximum atomic E-state index is 14.0. The Labute approximate surface area is 369 Å². The smallest absolute Gasteiger partial charge is 0.406 e. The number of nitrogens with two attached hydrogens (primary N) is 2. The largest absolute Gasteiger partial charge is 0.444 e. The molecule has 7 N–H and O–H groups in total. The number of nitrogens with zero attached hydrogens (tertiary/aromatic N) is 9. The van der Waals surface area contributed by atoms with Crippen molar-refractivity contribution < 1.29 is 51.2 Å². The van der Waals surface area contributed by atoms with Gasteiger partial charge in [-0.05, 0) is 61.4 Å². The van der Waals surface area contributed by atoms with Crippen molar-refractivity contribution in [3.8, 4) is 17.1 Å². The summed E-state index contributed by atoms with van der Waals surface area (Å²) in [7, 11) is 0. The highest BCUT2D eigenvalue weighted by Gasteiger charge is 2.45. The van der Waals surface area contributed by atoms with Gasteiger partial charge in [-0.15, -0.1) is 5.10 Å². The van der Waals surface area contributed by atoms with E-state index in [0.717, 1.165) is 22.0 Å². The first-order valence-electron chi connectivity index (χ1n) is 19.9. The molecule has 338 valence electrons. The van der Waals surface area contributed by atoms with Crippen LogP contribution >= 0.6 is 0 Å². The number of rotatable bonds is 16. The highest BCUT2D eigenvalue weighted by Crippen LogP contribution is 2.35. The number of fused-ring (bicyclic) bond motifs is 1. The summed E-state index contributed by atoms with van der Waals surface area (Å²) in [6.07, 6.45) is 0.721. The van der Waals surface area contributed by atoms with Crippen LogP contribution in [0.15, 0.2) is 83.9 Å². The lowest BCUT2D eigenvalue weighted by Gasteiger charge is -2.27. The van der Waals surface area contributed by atoms with Crippen molar-refractivity contribution in [2.24, 2.45) is 11.5 Å². The number of pyridine rings is 1. The Balaban J connectivity index is 0.875. The van der Waals surface area contributed by atoms with Gasteiger partial charge in [-0.3, -0.25) is 48.5 Å². The van der Waals surface area contributed by atoms with Gasteiger partial charge in [0.15, 0.2) is 11.4 Å². The van der Waals surface area contributed by atoms with Crippen LogP contribution in [0.4, 0.5) is 30.4 Å². The molecule has 4 aromatic heterocycles. The Morgan fingerprint density at radius 1 is 0.985 bits per heavy atom. The molecule has 6 aromatic rings. The zero-order chi connectivity index (χ0) is 46.9. The van der Waals surface area contributed by atoms with Crippen LogP contribution in [0.3, 0.4) is 0 Å². The Morgan fingerprint density at radius 2 is 1.77 bits per heavy atom. The second kappa shape index (κ2) is 17.8. The number of piperidine rings is 1. The molecular formula is C41H35F3N14O8. The number of halogens is 3. The summed E-state index contributed by atoms with van der Waals surface area (Å²) in [6.45, 7) is -0.849. The molecular weight excluding hydrogens is 874 g/mol. The Bertz CT molecular complexity index is 2930. The van der Waals surface area contributed by atoms with Crippen LogP contribution < -0.4 is 32.3 Å². The summed E-state index contributed by atoms with van der Waals surface area (Å²) < 4.78 is 50.0. The Morgan fingerprint density at radius 3 is 2.48 bits per heavy atom. The number of alkyl halides is 3. The Hall–Kier alpha value is -8.77. The van der Waals surface area contributed by atoms with Gasteiger partial charge in [0.2, 0.25) is 17.7 Å². The summed E-state index contributed by atoms with van der Waals surface area (Å²) in [5, 5.41) is 20.4. The van der Waals surface area contributed by atoms with Crippen LogP contribution in [0.1, 0.15) is 77.0 Å². The van der Waals surface area contributed by atoms with Crippen molar-refractivity contribution in [2.75, 3.05) is 23.3 Å². The molecule has 1 fully saturated rings. The highest BCUT2D eigenvalue weighted by molar-refractivity contribution is 6.25. The van der Waals surface area contributed by atoms with Crippen LogP contribution in [-0.2, 0) is 22.7 Å². The number of benzene rings is 2. The van der Waals surface area contributed by atoms with E-state index in [1.165, 1.54) is 48.7 Å². The van der Waals surface area contributed by atoms with E-state index in [9.17, 15) is 46.7 Å². The van der Waals surface area contributed by atoms with Gasteiger partial charge in [0.1, 0.15) is 30.4 Å². The van der Waals surface area contributed by atoms with Crippen LogP contribution in [0.2, 0.25) is 0 Å². The van der Waals surface area contributed by atoms with Crippen molar-refractivity contribution in [1.29, 1.82) is 0 Å². The number of aryl methyl sites for hydroxylation is 1. The van der Waals surface area contributed by atoms with Gasteiger partial charge in [0.25, 0.3) is 29.5 Å². The van der Waals surface area contributed by atoms with Crippen LogP contribution in [0.5, 0.6) is 0 Å². The molecule has 1 saturated heterocycles. The number of carbonyl (C=O) groups excluding carboxylic acids is 7. The zero-order valence-electron chi connectivity index (χ0n) is 34.1. The van der Waals surface area contributed by atoms with Gasteiger partial charge in [-0.25, -0.2) is 14.6 Å². The van der Waals surface area contributed by atoms with E-state index < -0.39 is 65.8 Å². The molecule has 6 heterocycles. The Kier molecular flexibility index (Phi) is 11.8. The minimum absolute atomic E-state index is 0.00581. The van der Waals surface area contributed by atoms with Crippen molar-refractivity contribution in [1.82, 2.24) is 50.3 Å². The normalized spacial score (nSPS) is 14.8. The molecule has 66 heavy (non-hydrogen) atoms. The van der Waals surface area contributed by atoms with Gasteiger partial charge < -0.3 is 31.4 Å². The van der Waals surface area contributed by atoms with Crippen LogP contribution in [0, 0.1) is 0 Å². The van der Waals surface area contributed by atoms with Crippen molar-refractivity contribution in [3.05, 3.63) is 113 Å². The third-order valence-corrected chi connectivity index (χ3v) is 10.3. The molecule has 0 spiro atoms. The third kappa shape index (κ3) is 9.15. The predicted octanol–water partition coefficient (Wildman–Crippen LogP) is 2.25. The van der Waals surface area contributed by atoms with Gasteiger partial charge in [-0.2, -0.15) is 18.3 Å². The molecule has 2 aromatic carbocycles. The number of imide groups is 2. The molecule has 2 aliphatic rings. The van der Waals surface area contributed by atoms with E-state index in [-0.39, 0.29) is 70.4 Å². The van der Waals surface area contributed by atoms with E-state index in [0.29, 0.717) is 35.8 Å². The second-order valence-corrected chi connectivity index (χ2v) is 14.8. The summed E-state index contributed by atoms with van der Waals surface area (Å²) in [5.41, 5.74) is 11.5. The van der Waals surface area contributed by atoms with E-state index in [4.69, 9.17) is 15.9 Å². The first-order chi connectivity index (χ1) is 31.5. The van der Waals surface area contributed by atoms with Crippen LogP contribution in [0.25, 0.3) is 17.1 Å². The van der Waals surface area contributed by atoms with Gasteiger partial charge in [0, 0.05) is 42.5 Å². The predicted molar refractivity (Wildman–Crippen MR) is 221 cm³/mol. The molecule has 0 bridgehead atoms. The summed E-state index contributed by atoms with van der Waals surface area (Å²) in [6, 6.07) is 12.1. The summed E-state index contributed by atoms with van der Waals surface area (Å²) >= 11 is 0. The molecule has 7 amide bonds. The minimum atomic E-state index is -4.80. The number of anilines is 3. The monoisotopic (exact) mass is 908 g/mol. The molecule has 0 radical (unpaired) electrons. The van der Waals surface area contributed by atoms with Gasteiger partial charge in [0.05, 0.1) is 41.4 Å². The lowest BCUT2D eigenvalue weighted by molar-refractivity contribution is -0.136. The number of amides is 7. The van der Waals surface area contributed by atoms with Crippen molar-refractivity contribution >= 4 is 58.5 Å². The first kappa shape index (κ1) is 43.9. The molecule has 0 saturated carbocycles. The quantitative estimate of drug-likeness (QED) is 0.0687. The maximum Gasteiger partial charge on any atom is 0.406 e. The first-order valence-corrected chi connectivity index (χ1v) is 19.9. The third-order valence-electron chi connectivity index (χ3n) is 10.3.